The SMILES string of the molecule is Cc1ccc(N=Nc2cc(C)c(N=Nc3c(S(=O)(=O)O)cc4cc(Nc5ccccc5)ccc4c3O)cc2C)cc1. The number of nitrogens with one attached hydrogen (secondary N) is 1. The van der Waals surface area contributed by atoms with E-state index >= 15 is 0 Å². The number of aryl methyl sites for hydroxylation is 3. The molecule has 0 saturated heterocycles. The fourth-order valence-corrected chi connectivity index (χ4v) is 4.90. The van der Waals surface area contributed by atoms with Gasteiger partial charge in [0.05, 0.1) is 17.1 Å². The summed E-state index contributed by atoms with van der Waals surface area (Å²) in [4.78, 5) is -0.555. The third-order valence-electron chi connectivity index (χ3n) is 6.47. The summed E-state index contributed by atoms with van der Waals surface area (Å²) in [6.45, 7) is 5.66. The molecule has 5 aromatic carbocycles. The lowest BCUT2D eigenvalue weighted by molar-refractivity contribution is 0.472. The van der Waals surface area contributed by atoms with Crippen LogP contribution in [0.25, 0.3) is 10.8 Å². The number of hydrogen-bond donors (Lipinski definition) is 3. The van der Waals surface area contributed by atoms with Crippen molar-refractivity contribution in [3.05, 3.63) is 108 Å². The molecule has 0 radical (unpaired) electrons. The van der Waals surface area contributed by atoms with E-state index in [2.05, 4.69) is 25.8 Å². The Bertz CT molecular complexity index is 1920. The molecule has 41 heavy (non-hydrogen) atoms. The van der Waals surface area contributed by atoms with Crippen molar-refractivity contribution < 1.29 is 18.1 Å². The molecule has 0 atom stereocenters. The van der Waals surface area contributed by atoms with E-state index in [4.69, 9.17) is 0 Å². The summed E-state index contributed by atoms with van der Waals surface area (Å²) in [5.41, 5.74) is 5.58. The molecule has 0 aromatic heterocycles. The van der Waals surface area contributed by atoms with Crippen LogP contribution in [0, 0.1) is 20.8 Å². The maximum atomic E-state index is 12.3. The lowest BCUT2D eigenvalue weighted by atomic mass is 10.1. The minimum atomic E-state index is -4.75. The number of fused-ring (bicyclic) bond motifs is 1. The summed E-state index contributed by atoms with van der Waals surface area (Å²) in [5.74, 6) is -0.414. The first-order valence-corrected chi connectivity index (χ1v) is 14.1. The van der Waals surface area contributed by atoms with Crippen LogP contribution in [0.2, 0.25) is 0 Å². The first kappa shape index (κ1) is 27.6. The highest BCUT2D eigenvalue weighted by Crippen LogP contribution is 2.42. The van der Waals surface area contributed by atoms with Crippen LogP contribution in [0.4, 0.5) is 34.1 Å². The molecule has 0 saturated carbocycles. The molecule has 206 valence electrons. The molecule has 0 aliphatic carbocycles. The van der Waals surface area contributed by atoms with Crippen LogP contribution in [0.5, 0.6) is 5.75 Å². The highest BCUT2D eigenvalue weighted by Gasteiger charge is 2.22. The molecule has 0 aliphatic rings. The van der Waals surface area contributed by atoms with Crippen molar-refractivity contribution in [3.63, 3.8) is 0 Å². The second-order valence-corrected chi connectivity index (χ2v) is 11.0. The highest BCUT2D eigenvalue weighted by atomic mass is 32.2. The van der Waals surface area contributed by atoms with Crippen LogP contribution in [0.1, 0.15) is 16.7 Å². The number of aromatic hydroxyl groups is 1. The van der Waals surface area contributed by atoms with Crippen molar-refractivity contribution in [1.29, 1.82) is 0 Å². The summed E-state index contributed by atoms with van der Waals surface area (Å²) in [6.07, 6.45) is 0. The monoisotopic (exact) mass is 565 g/mol. The Kier molecular flexibility index (Phi) is 7.60. The van der Waals surface area contributed by atoms with Gasteiger partial charge in [0, 0.05) is 16.8 Å². The Morgan fingerprint density at radius 1 is 0.683 bits per heavy atom. The van der Waals surface area contributed by atoms with E-state index in [-0.39, 0.29) is 5.69 Å². The second-order valence-electron chi connectivity index (χ2n) is 9.63. The molecular weight excluding hydrogens is 538 g/mol. The zero-order valence-electron chi connectivity index (χ0n) is 22.6. The van der Waals surface area contributed by atoms with Gasteiger partial charge in [-0.3, -0.25) is 4.55 Å². The first-order valence-electron chi connectivity index (χ1n) is 12.7. The standard InChI is InChI=1S/C31H27N5O4S/c1-19-9-11-24(12-10-19)33-34-27-15-21(3)28(16-20(27)2)35-36-30-29(41(38,39)40)18-22-17-25(13-14-26(22)31(30)37)32-23-7-5-4-6-8-23/h4-18,32,37H,1-3H3,(H,38,39,40). The Hall–Kier alpha value is -4.93. The minimum absolute atomic E-state index is 0.352. The Labute approximate surface area is 237 Å². The summed E-state index contributed by atoms with van der Waals surface area (Å²) >= 11 is 0. The van der Waals surface area contributed by atoms with Gasteiger partial charge in [0.2, 0.25) is 0 Å². The highest BCUT2D eigenvalue weighted by molar-refractivity contribution is 7.86. The van der Waals surface area contributed by atoms with Crippen LogP contribution < -0.4 is 5.32 Å². The number of anilines is 2. The number of phenols is 1. The zero-order valence-corrected chi connectivity index (χ0v) is 23.4. The van der Waals surface area contributed by atoms with E-state index in [0.717, 1.165) is 22.5 Å². The Morgan fingerprint density at radius 2 is 1.32 bits per heavy atom. The molecular formula is C31H27N5O4S. The predicted octanol–water partition coefficient (Wildman–Crippen LogP) is 9.29. The molecule has 0 bridgehead atoms. The van der Waals surface area contributed by atoms with Gasteiger partial charge in [0.25, 0.3) is 10.1 Å². The lowest BCUT2D eigenvalue weighted by Crippen LogP contribution is -1.99. The van der Waals surface area contributed by atoms with Gasteiger partial charge in [-0.25, -0.2) is 0 Å². The van der Waals surface area contributed by atoms with Gasteiger partial charge in [-0.15, -0.1) is 5.11 Å². The van der Waals surface area contributed by atoms with Crippen LogP contribution in [-0.2, 0) is 10.1 Å². The van der Waals surface area contributed by atoms with Crippen molar-refractivity contribution in [2.24, 2.45) is 20.5 Å². The number of azo groups is 2. The second kappa shape index (κ2) is 11.3. The minimum Gasteiger partial charge on any atom is -0.505 e. The number of hydrogen-bond acceptors (Lipinski definition) is 8. The first-order chi connectivity index (χ1) is 19.6. The van der Waals surface area contributed by atoms with Gasteiger partial charge in [-0.2, -0.15) is 23.8 Å². The largest absolute Gasteiger partial charge is 0.505 e. The number of phenolic OH excluding ortho intramolecular Hbond substituents is 1. The summed E-state index contributed by atoms with van der Waals surface area (Å²) < 4.78 is 34.6. The van der Waals surface area contributed by atoms with Crippen LogP contribution in [0.3, 0.4) is 0 Å². The number of nitrogens with zero attached hydrogens (tertiary/aromatic N) is 4. The van der Waals surface area contributed by atoms with E-state index in [1.54, 1.807) is 30.3 Å². The summed E-state index contributed by atoms with van der Waals surface area (Å²) in [7, 11) is -4.75. The topological polar surface area (TPSA) is 136 Å². The van der Waals surface area contributed by atoms with E-state index in [0.29, 0.717) is 33.4 Å². The van der Waals surface area contributed by atoms with Gasteiger partial charge < -0.3 is 10.4 Å². The molecule has 10 heteroatoms. The number of rotatable bonds is 7. The molecule has 0 amide bonds. The van der Waals surface area contributed by atoms with E-state index < -0.39 is 20.8 Å². The third-order valence-corrected chi connectivity index (χ3v) is 7.34. The van der Waals surface area contributed by atoms with Crippen LogP contribution in [-0.4, -0.2) is 18.1 Å². The smallest absolute Gasteiger partial charge is 0.296 e. The van der Waals surface area contributed by atoms with Gasteiger partial charge in [0.15, 0.2) is 5.75 Å². The molecule has 9 nitrogen and oxygen atoms in total. The molecule has 0 spiro atoms. The average molecular weight is 566 g/mol. The maximum Gasteiger partial charge on any atom is 0.296 e. The average Bonchev–Trinajstić information content (AvgIpc) is 2.94. The predicted molar refractivity (Wildman–Crippen MR) is 161 cm³/mol. The summed E-state index contributed by atoms with van der Waals surface area (Å²) in [5, 5.41) is 32.0. The molecule has 0 aliphatic heterocycles. The van der Waals surface area contributed by atoms with Crippen molar-refractivity contribution in [2.75, 3.05) is 5.32 Å². The van der Waals surface area contributed by atoms with Gasteiger partial charge in [-0.1, -0.05) is 35.9 Å². The third kappa shape index (κ3) is 6.29. The van der Waals surface area contributed by atoms with Crippen molar-refractivity contribution in [3.8, 4) is 5.75 Å². The van der Waals surface area contributed by atoms with Gasteiger partial charge >= 0.3 is 0 Å². The van der Waals surface area contributed by atoms with Gasteiger partial charge in [0.1, 0.15) is 10.6 Å². The summed E-state index contributed by atoms with van der Waals surface area (Å²) in [6, 6.07) is 27.0. The van der Waals surface area contributed by atoms with E-state index in [1.807, 2.05) is 75.4 Å². The lowest BCUT2D eigenvalue weighted by Gasteiger charge is -2.12. The van der Waals surface area contributed by atoms with Crippen LogP contribution in [0.15, 0.2) is 116 Å². The number of benzene rings is 5. The number of para-hydroxylation sites is 1. The van der Waals surface area contributed by atoms with Crippen molar-refractivity contribution in [1.82, 2.24) is 0 Å². The molecule has 0 heterocycles. The maximum absolute atomic E-state index is 12.3. The molecule has 3 N–H and O–H groups in total. The van der Waals surface area contributed by atoms with E-state index in [9.17, 15) is 18.1 Å². The Morgan fingerprint density at radius 3 is 1.95 bits per heavy atom. The normalized spacial score (nSPS) is 12.0. The van der Waals surface area contributed by atoms with E-state index in [1.165, 1.54) is 6.07 Å². The fraction of sp³-hybridized carbons (Fsp3) is 0.0968. The molecule has 0 unspecified atom stereocenters. The van der Waals surface area contributed by atoms with Crippen LogP contribution >= 0.6 is 0 Å². The molecule has 5 aromatic rings. The Balaban J connectivity index is 1.49. The van der Waals surface area contributed by atoms with Gasteiger partial charge in [-0.05, 0) is 97.9 Å². The fourth-order valence-electron chi connectivity index (χ4n) is 4.24. The quantitative estimate of drug-likeness (QED) is 0.133. The van der Waals surface area contributed by atoms with Crippen molar-refractivity contribution in [2.45, 2.75) is 25.7 Å². The molecule has 0 fully saturated rings. The van der Waals surface area contributed by atoms with Crippen molar-refractivity contribution >= 4 is 55.0 Å². The zero-order chi connectivity index (χ0) is 29.1. The molecule has 5 rings (SSSR count).